The molecule has 5 heteroatoms. The summed E-state index contributed by atoms with van der Waals surface area (Å²) in [5.41, 5.74) is 1.21. The predicted octanol–water partition coefficient (Wildman–Crippen LogP) is 2.06. The molecule has 0 aliphatic carbocycles. The van der Waals surface area contributed by atoms with Crippen LogP contribution in [-0.2, 0) is 20.6 Å². The van der Waals surface area contributed by atoms with Crippen molar-refractivity contribution in [1.82, 2.24) is 4.90 Å². The second kappa shape index (κ2) is 6.45. The third kappa shape index (κ3) is 3.36. The van der Waals surface area contributed by atoms with E-state index in [1.165, 1.54) is 5.56 Å². The number of carbonyl (C=O) groups excluding carboxylic acids is 1. The van der Waals surface area contributed by atoms with Gasteiger partial charge >= 0.3 is 6.09 Å². The number of likely N-dealkylation sites (N-methyl/N-ethyl adjacent to an activating group) is 1. The van der Waals surface area contributed by atoms with Crippen LogP contribution in [0.2, 0.25) is 0 Å². The van der Waals surface area contributed by atoms with Crippen LogP contribution < -0.4 is 0 Å². The van der Waals surface area contributed by atoms with Crippen molar-refractivity contribution in [3.05, 3.63) is 35.9 Å². The van der Waals surface area contributed by atoms with E-state index >= 15 is 0 Å². The van der Waals surface area contributed by atoms with E-state index in [4.69, 9.17) is 14.2 Å². The van der Waals surface area contributed by atoms with Gasteiger partial charge in [-0.2, -0.15) is 0 Å². The first-order valence-electron chi connectivity index (χ1n) is 7.43. The molecule has 114 valence electrons. The Hall–Kier alpha value is -1.59. The van der Waals surface area contributed by atoms with Gasteiger partial charge in [0.25, 0.3) is 0 Å². The van der Waals surface area contributed by atoms with Crippen LogP contribution in [0.25, 0.3) is 0 Å². The third-order valence-corrected chi connectivity index (χ3v) is 4.13. The molecule has 1 amide bonds. The van der Waals surface area contributed by atoms with E-state index < -0.39 is 0 Å². The molecule has 0 bridgehead atoms. The Morgan fingerprint density at radius 2 is 2.14 bits per heavy atom. The summed E-state index contributed by atoms with van der Waals surface area (Å²) in [6, 6.07) is 10.1. The van der Waals surface area contributed by atoms with Crippen LogP contribution in [0.15, 0.2) is 30.3 Å². The number of nitrogens with zero attached hydrogens (tertiary/aromatic N) is 1. The number of carbonyl (C=O) groups is 1. The molecular weight excluding hydrogens is 270 g/mol. The van der Waals surface area contributed by atoms with Gasteiger partial charge in [0.2, 0.25) is 0 Å². The lowest BCUT2D eigenvalue weighted by molar-refractivity contribution is -0.0907. The zero-order valence-electron chi connectivity index (χ0n) is 12.2. The number of ether oxygens (including phenoxy) is 3. The van der Waals surface area contributed by atoms with Gasteiger partial charge in [-0.3, -0.25) is 0 Å². The normalized spacial score (nSPS) is 27.4. The molecule has 2 aliphatic rings. The van der Waals surface area contributed by atoms with Gasteiger partial charge in [-0.25, -0.2) is 4.79 Å². The second-order valence-corrected chi connectivity index (χ2v) is 5.60. The Kier molecular flexibility index (Phi) is 4.41. The predicted molar refractivity (Wildman–Crippen MR) is 76.8 cm³/mol. The molecule has 3 unspecified atom stereocenters. The van der Waals surface area contributed by atoms with Crippen molar-refractivity contribution in [3.63, 3.8) is 0 Å². The highest BCUT2D eigenvalue weighted by Crippen LogP contribution is 2.33. The summed E-state index contributed by atoms with van der Waals surface area (Å²) >= 11 is 0. The van der Waals surface area contributed by atoms with Crippen LogP contribution in [-0.4, -0.2) is 50.2 Å². The van der Waals surface area contributed by atoms with Crippen molar-refractivity contribution >= 4 is 6.09 Å². The van der Waals surface area contributed by atoms with Crippen molar-refractivity contribution in [1.29, 1.82) is 0 Å². The maximum atomic E-state index is 12.1. The Bertz CT molecular complexity index is 478. The highest BCUT2D eigenvalue weighted by atomic mass is 16.7. The molecule has 2 saturated heterocycles. The monoisotopic (exact) mass is 291 g/mol. The molecule has 1 aromatic rings. The first-order valence-corrected chi connectivity index (χ1v) is 7.43. The van der Waals surface area contributed by atoms with E-state index in [1.807, 2.05) is 18.2 Å². The molecule has 0 N–H and O–H groups in total. The van der Waals surface area contributed by atoms with E-state index in [0.29, 0.717) is 19.8 Å². The number of hydrogen-bond acceptors (Lipinski definition) is 4. The van der Waals surface area contributed by atoms with Crippen molar-refractivity contribution in [2.75, 3.05) is 26.8 Å². The van der Waals surface area contributed by atoms with Crippen molar-refractivity contribution in [3.8, 4) is 0 Å². The van der Waals surface area contributed by atoms with E-state index in [9.17, 15) is 4.79 Å². The summed E-state index contributed by atoms with van der Waals surface area (Å²) < 4.78 is 16.5. The zero-order valence-corrected chi connectivity index (χ0v) is 12.2. The third-order valence-electron chi connectivity index (χ3n) is 4.13. The molecule has 0 saturated carbocycles. The number of benzene rings is 1. The Balaban J connectivity index is 1.46. The lowest BCUT2D eigenvalue weighted by Crippen LogP contribution is -2.35. The van der Waals surface area contributed by atoms with Gasteiger partial charge in [-0.05, 0) is 18.4 Å². The van der Waals surface area contributed by atoms with E-state index in [1.54, 1.807) is 11.9 Å². The fourth-order valence-corrected chi connectivity index (χ4v) is 2.80. The van der Waals surface area contributed by atoms with Crippen LogP contribution in [0.1, 0.15) is 12.0 Å². The Morgan fingerprint density at radius 3 is 2.95 bits per heavy atom. The quantitative estimate of drug-likeness (QED) is 0.852. The Morgan fingerprint density at radius 1 is 1.33 bits per heavy atom. The minimum atomic E-state index is -0.285. The van der Waals surface area contributed by atoms with E-state index in [2.05, 4.69) is 12.1 Å². The largest absolute Gasteiger partial charge is 0.443 e. The smallest absolute Gasteiger partial charge is 0.409 e. The fourth-order valence-electron chi connectivity index (χ4n) is 2.80. The minimum absolute atomic E-state index is 0.177. The summed E-state index contributed by atoms with van der Waals surface area (Å²) in [6.07, 6.45) is 1.08. The van der Waals surface area contributed by atoms with E-state index in [-0.39, 0.29) is 24.4 Å². The van der Waals surface area contributed by atoms with Crippen LogP contribution in [0.4, 0.5) is 4.79 Å². The number of rotatable bonds is 4. The van der Waals surface area contributed by atoms with Crippen LogP contribution in [0.3, 0.4) is 0 Å². The molecule has 2 fully saturated rings. The molecule has 1 aromatic carbocycles. The molecule has 5 nitrogen and oxygen atoms in total. The first kappa shape index (κ1) is 14.4. The minimum Gasteiger partial charge on any atom is -0.443 e. The molecule has 0 aromatic heterocycles. The van der Waals surface area contributed by atoms with Crippen molar-refractivity contribution in [2.45, 2.75) is 25.2 Å². The maximum absolute atomic E-state index is 12.1. The topological polar surface area (TPSA) is 48.0 Å². The SMILES string of the molecule is CN(CCc1ccccc1)C(=O)OC1COC2OCCC12. The molecule has 21 heavy (non-hydrogen) atoms. The lowest BCUT2D eigenvalue weighted by Gasteiger charge is -2.21. The van der Waals surface area contributed by atoms with Gasteiger partial charge < -0.3 is 19.1 Å². The number of amides is 1. The summed E-state index contributed by atoms with van der Waals surface area (Å²) in [7, 11) is 1.77. The highest BCUT2D eigenvalue weighted by Gasteiger charge is 2.44. The van der Waals surface area contributed by atoms with Gasteiger partial charge in [0.05, 0.1) is 19.1 Å². The maximum Gasteiger partial charge on any atom is 0.409 e. The average Bonchev–Trinajstić information content (AvgIpc) is 3.11. The molecule has 0 spiro atoms. The molecule has 3 atom stereocenters. The van der Waals surface area contributed by atoms with Crippen LogP contribution in [0.5, 0.6) is 0 Å². The van der Waals surface area contributed by atoms with Gasteiger partial charge in [0.1, 0.15) is 6.10 Å². The molecule has 0 radical (unpaired) electrons. The zero-order chi connectivity index (χ0) is 14.7. The number of fused-ring (bicyclic) bond motifs is 1. The molecule has 2 aliphatic heterocycles. The van der Waals surface area contributed by atoms with Gasteiger partial charge in [0, 0.05) is 13.6 Å². The molecular formula is C16H21NO4. The van der Waals surface area contributed by atoms with Crippen molar-refractivity contribution in [2.24, 2.45) is 5.92 Å². The standard InChI is InChI=1S/C16H21NO4/c1-17(9-7-12-5-3-2-4-6-12)16(18)21-14-11-20-15-13(14)8-10-19-15/h2-6,13-15H,7-11H2,1H3. The molecule has 3 rings (SSSR count). The summed E-state index contributed by atoms with van der Waals surface area (Å²) in [5, 5.41) is 0. The average molecular weight is 291 g/mol. The van der Waals surface area contributed by atoms with Crippen molar-refractivity contribution < 1.29 is 19.0 Å². The second-order valence-electron chi connectivity index (χ2n) is 5.60. The van der Waals surface area contributed by atoms with Crippen LogP contribution in [0, 0.1) is 5.92 Å². The lowest BCUT2D eigenvalue weighted by atomic mass is 10.0. The first-order chi connectivity index (χ1) is 10.2. The van der Waals surface area contributed by atoms with Gasteiger partial charge in [0.15, 0.2) is 6.29 Å². The fraction of sp³-hybridized carbons (Fsp3) is 0.562. The Labute approximate surface area is 124 Å². The summed E-state index contributed by atoms with van der Waals surface area (Å²) in [6.45, 7) is 1.77. The van der Waals surface area contributed by atoms with Gasteiger partial charge in [-0.15, -0.1) is 0 Å². The summed E-state index contributed by atoms with van der Waals surface area (Å²) in [5.74, 6) is 0.191. The van der Waals surface area contributed by atoms with Gasteiger partial charge in [-0.1, -0.05) is 30.3 Å². The van der Waals surface area contributed by atoms with Crippen LogP contribution >= 0.6 is 0 Å². The number of hydrogen-bond donors (Lipinski definition) is 0. The highest BCUT2D eigenvalue weighted by molar-refractivity contribution is 5.67. The summed E-state index contributed by atoms with van der Waals surface area (Å²) in [4.78, 5) is 13.7. The van der Waals surface area contributed by atoms with E-state index in [0.717, 1.165) is 12.8 Å². The molecule has 2 heterocycles.